The quantitative estimate of drug-likeness (QED) is 0.679. The van der Waals surface area contributed by atoms with E-state index in [4.69, 9.17) is 0 Å². The van der Waals surface area contributed by atoms with Gasteiger partial charge in [-0.2, -0.15) is 5.10 Å². The zero-order valence-electron chi connectivity index (χ0n) is 8.91. The summed E-state index contributed by atoms with van der Waals surface area (Å²) in [6, 6.07) is 1.96. The fourth-order valence-corrected chi connectivity index (χ4v) is 1.32. The van der Waals surface area contributed by atoms with Gasteiger partial charge in [-0.3, -0.25) is 9.48 Å². The molecule has 0 bridgehead atoms. The Hall–Kier alpha value is -1.32. The molecule has 4 nitrogen and oxygen atoms in total. The minimum Gasteiger partial charge on any atom is -0.469 e. The average molecular weight is 196 g/mol. The summed E-state index contributed by atoms with van der Waals surface area (Å²) >= 11 is 0. The number of nitrogens with zero attached hydrogens (tertiary/aromatic N) is 2. The second-order valence-corrected chi connectivity index (χ2v) is 3.05. The van der Waals surface area contributed by atoms with Crippen LogP contribution >= 0.6 is 0 Å². The molecule has 0 radical (unpaired) electrons. The summed E-state index contributed by atoms with van der Waals surface area (Å²) in [6.07, 6.45) is 1.19. The minimum absolute atomic E-state index is 0.220. The van der Waals surface area contributed by atoms with Crippen LogP contribution in [0.2, 0.25) is 0 Å². The third-order valence-corrected chi connectivity index (χ3v) is 2.13. The Morgan fingerprint density at radius 2 is 2.29 bits per heavy atom. The Balaban J connectivity index is 2.83. The third kappa shape index (κ3) is 2.34. The lowest BCUT2D eigenvalue weighted by molar-refractivity contribution is -0.139. The lowest BCUT2D eigenvalue weighted by Crippen LogP contribution is -2.10. The number of ether oxygens (including phenoxy) is 1. The van der Waals surface area contributed by atoms with Gasteiger partial charge in [0.2, 0.25) is 0 Å². The predicted octanol–water partition coefficient (Wildman–Crippen LogP) is 1.18. The first kappa shape index (κ1) is 10.8. The van der Waals surface area contributed by atoms with Crippen molar-refractivity contribution in [3.63, 3.8) is 0 Å². The van der Waals surface area contributed by atoms with Gasteiger partial charge < -0.3 is 4.74 Å². The van der Waals surface area contributed by atoms with E-state index in [1.54, 1.807) is 0 Å². The summed E-state index contributed by atoms with van der Waals surface area (Å²) in [6.45, 7) is 4.84. The minimum atomic E-state index is -0.220. The summed E-state index contributed by atoms with van der Waals surface area (Å²) in [7, 11) is 1.40. The van der Waals surface area contributed by atoms with Crippen LogP contribution in [0.3, 0.4) is 0 Å². The molecule has 0 aromatic carbocycles. The standard InChI is InChI=1S/C10H16N2O2/c1-4-8-6-9(7-10(13)14-3)12(5-2)11-8/h6H,4-5,7H2,1-3H3. The monoisotopic (exact) mass is 196 g/mol. The maximum atomic E-state index is 11.1. The van der Waals surface area contributed by atoms with Crippen molar-refractivity contribution in [3.05, 3.63) is 17.5 Å². The molecule has 0 spiro atoms. The highest BCUT2D eigenvalue weighted by atomic mass is 16.5. The molecule has 1 aromatic rings. The van der Waals surface area contributed by atoms with E-state index in [1.165, 1.54) is 7.11 Å². The molecule has 0 saturated carbocycles. The summed E-state index contributed by atoms with van der Waals surface area (Å²) < 4.78 is 6.46. The molecule has 78 valence electrons. The molecular formula is C10H16N2O2. The molecule has 0 N–H and O–H groups in total. The lowest BCUT2D eigenvalue weighted by atomic mass is 10.2. The second kappa shape index (κ2) is 4.79. The Kier molecular flexibility index (Phi) is 3.68. The molecule has 0 saturated heterocycles. The SMILES string of the molecule is CCc1cc(CC(=O)OC)n(CC)n1. The molecule has 0 fully saturated rings. The second-order valence-electron chi connectivity index (χ2n) is 3.05. The van der Waals surface area contributed by atoms with Crippen molar-refractivity contribution in [2.75, 3.05) is 7.11 Å². The Bertz CT molecular complexity index is 318. The van der Waals surface area contributed by atoms with Crippen molar-refractivity contribution in [1.82, 2.24) is 9.78 Å². The topological polar surface area (TPSA) is 44.1 Å². The molecular weight excluding hydrogens is 180 g/mol. The summed E-state index contributed by atoms with van der Waals surface area (Å²) in [5, 5.41) is 4.34. The van der Waals surface area contributed by atoms with Gasteiger partial charge in [-0.15, -0.1) is 0 Å². The first-order valence-corrected chi connectivity index (χ1v) is 4.83. The molecule has 0 amide bonds. The van der Waals surface area contributed by atoms with Crippen LogP contribution < -0.4 is 0 Å². The van der Waals surface area contributed by atoms with Crippen molar-refractivity contribution in [2.24, 2.45) is 0 Å². The van der Waals surface area contributed by atoms with Crippen LogP contribution in [0, 0.1) is 0 Å². The Morgan fingerprint density at radius 3 is 2.79 bits per heavy atom. The first-order chi connectivity index (χ1) is 6.71. The molecule has 1 aromatic heterocycles. The average Bonchev–Trinajstić information content (AvgIpc) is 2.60. The van der Waals surface area contributed by atoms with Crippen molar-refractivity contribution >= 4 is 5.97 Å². The molecule has 0 aliphatic rings. The fourth-order valence-electron chi connectivity index (χ4n) is 1.32. The fraction of sp³-hybridized carbons (Fsp3) is 0.600. The van der Waals surface area contributed by atoms with Gasteiger partial charge in [0.05, 0.1) is 19.2 Å². The van der Waals surface area contributed by atoms with E-state index in [9.17, 15) is 4.79 Å². The van der Waals surface area contributed by atoms with Crippen LogP contribution in [-0.2, 0) is 28.9 Å². The molecule has 4 heteroatoms. The van der Waals surface area contributed by atoms with Gasteiger partial charge in [-0.1, -0.05) is 6.92 Å². The van der Waals surface area contributed by atoms with E-state index >= 15 is 0 Å². The zero-order chi connectivity index (χ0) is 10.6. The van der Waals surface area contributed by atoms with Crippen LogP contribution in [0.1, 0.15) is 25.2 Å². The number of esters is 1. The molecule has 1 heterocycles. The molecule has 0 aliphatic heterocycles. The molecule has 14 heavy (non-hydrogen) atoms. The highest BCUT2D eigenvalue weighted by molar-refractivity contribution is 5.71. The number of aromatic nitrogens is 2. The highest BCUT2D eigenvalue weighted by Gasteiger charge is 2.09. The van der Waals surface area contributed by atoms with Gasteiger partial charge in [0, 0.05) is 12.2 Å². The number of carbonyl (C=O) groups is 1. The van der Waals surface area contributed by atoms with Gasteiger partial charge >= 0.3 is 5.97 Å². The van der Waals surface area contributed by atoms with E-state index in [-0.39, 0.29) is 5.97 Å². The van der Waals surface area contributed by atoms with Gasteiger partial charge in [-0.25, -0.2) is 0 Å². The van der Waals surface area contributed by atoms with Crippen molar-refractivity contribution in [2.45, 2.75) is 33.2 Å². The maximum Gasteiger partial charge on any atom is 0.311 e. The van der Waals surface area contributed by atoms with E-state index in [2.05, 4.69) is 9.84 Å². The number of methoxy groups -OCH3 is 1. The molecule has 1 rings (SSSR count). The smallest absolute Gasteiger partial charge is 0.311 e. The van der Waals surface area contributed by atoms with Gasteiger partial charge in [0.15, 0.2) is 0 Å². The van der Waals surface area contributed by atoms with Crippen LogP contribution in [0.5, 0.6) is 0 Å². The predicted molar refractivity (Wildman–Crippen MR) is 53.0 cm³/mol. The Morgan fingerprint density at radius 1 is 1.57 bits per heavy atom. The van der Waals surface area contributed by atoms with Crippen molar-refractivity contribution in [3.8, 4) is 0 Å². The third-order valence-electron chi connectivity index (χ3n) is 2.13. The number of hydrogen-bond donors (Lipinski definition) is 0. The van der Waals surface area contributed by atoms with E-state index in [1.807, 2.05) is 24.6 Å². The number of aryl methyl sites for hydroxylation is 2. The molecule has 0 atom stereocenters. The van der Waals surface area contributed by atoms with Crippen LogP contribution in [0.4, 0.5) is 0 Å². The van der Waals surface area contributed by atoms with E-state index < -0.39 is 0 Å². The first-order valence-electron chi connectivity index (χ1n) is 4.83. The maximum absolute atomic E-state index is 11.1. The highest BCUT2D eigenvalue weighted by Crippen LogP contribution is 2.06. The largest absolute Gasteiger partial charge is 0.469 e. The van der Waals surface area contributed by atoms with Crippen LogP contribution in [0.25, 0.3) is 0 Å². The molecule has 0 unspecified atom stereocenters. The van der Waals surface area contributed by atoms with Crippen molar-refractivity contribution < 1.29 is 9.53 Å². The Labute approximate surface area is 83.9 Å². The number of hydrogen-bond acceptors (Lipinski definition) is 3. The van der Waals surface area contributed by atoms with E-state index in [0.717, 1.165) is 24.4 Å². The van der Waals surface area contributed by atoms with Gasteiger partial charge in [0.1, 0.15) is 0 Å². The summed E-state index contributed by atoms with van der Waals surface area (Å²) in [5.41, 5.74) is 1.95. The van der Waals surface area contributed by atoms with E-state index in [0.29, 0.717) is 6.42 Å². The number of carbonyl (C=O) groups excluding carboxylic acids is 1. The summed E-state index contributed by atoms with van der Waals surface area (Å²) in [5.74, 6) is -0.220. The molecule has 0 aliphatic carbocycles. The van der Waals surface area contributed by atoms with Crippen LogP contribution in [0.15, 0.2) is 6.07 Å². The lowest BCUT2D eigenvalue weighted by Gasteiger charge is -2.02. The number of rotatable bonds is 4. The zero-order valence-corrected chi connectivity index (χ0v) is 8.91. The van der Waals surface area contributed by atoms with Crippen molar-refractivity contribution in [1.29, 1.82) is 0 Å². The van der Waals surface area contributed by atoms with Gasteiger partial charge in [-0.05, 0) is 19.4 Å². The van der Waals surface area contributed by atoms with Gasteiger partial charge in [0.25, 0.3) is 0 Å². The van der Waals surface area contributed by atoms with Crippen LogP contribution in [-0.4, -0.2) is 22.9 Å². The summed E-state index contributed by atoms with van der Waals surface area (Å²) in [4.78, 5) is 11.1. The normalized spacial score (nSPS) is 10.2.